The van der Waals surface area contributed by atoms with E-state index in [1.54, 1.807) is 12.3 Å². The molecule has 1 aromatic carbocycles. The van der Waals surface area contributed by atoms with Gasteiger partial charge < -0.3 is 0 Å². The quantitative estimate of drug-likeness (QED) is 0.687. The average molecular weight is 188 g/mol. The largest absolute Gasteiger partial charge is 0.207 e. The van der Waals surface area contributed by atoms with E-state index < -0.39 is 0 Å². The Morgan fingerprint density at radius 1 is 1.43 bits per heavy atom. The third kappa shape index (κ3) is 1.37. The van der Waals surface area contributed by atoms with Gasteiger partial charge in [0.1, 0.15) is 5.82 Å². The van der Waals surface area contributed by atoms with Crippen molar-refractivity contribution < 1.29 is 4.39 Å². The van der Waals surface area contributed by atoms with Crippen molar-refractivity contribution in [1.29, 1.82) is 0 Å². The minimum Gasteiger partial charge on any atom is -0.207 e. The maximum absolute atomic E-state index is 13.0. The molecule has 2 rings (SSSR count). The van der Waals surface area contributed by atoms with Crippen LogP contribution < -0.4 is 0 Å². The van der Waals surface area contributed by atoms with Crippen molar-refractivity contribution in [2.24, 2.45) is 0 Å². The Bertz CT molecular complexity index is 506. The molecule has 0 unspecified atom stereocenters. The van der Waals surface area contributed by atoms with Crippen LogP contribution in [0.3, 0.4) is 0 Å². The molecule has 14 heavy (non-hydrogen) atoms. The van der Waals surface area contributed by atoms with Gasteiger partial charge in [0.25, 0.3) is 0 Å². The van der Waals surface area contributed by atoms with Crippen molar-refractivity contribution >= 4 is 16.3 Å². The molecule has 0 spiro atoms. The Hall–Kier alpha value is -1.77. The second-order valence-corrected chi connectivity index (χ2v) is 3.21. The predicted octanol–water partition coefficient (Wildman–Crippen LogP) is 2.80. The second kappa shape index (κ2) is 3.18. The lowest BCUT2D eigenvalue weighted by molar-refractivity contribution is 0.629. The molecular formula is C11H9FN2. The summed E-state index contributed by atoms with van der Waals surface area (Å²) < 4.78 is 13.0. The molecule has 0 aliphatic rings. The van der Waals surface area contributed by atoms with E-state index in [1.165, 1.54) is 12.1 Å². The Kier molecular flexibility index (Phi) is 2.00. The van der Waals surface area contributed by atoms with Crippen LogP contribution >= 0.6 is 0 Å². The summed E-state index contributed by atoms with van der Waals surface area (Å²) in [6.45, 7) is 5.61. The molecule has 1 heterocycles. The molecule has 0 amide bonds. The second-order valence-electron chi connectivity index (χ2n) is 3.21. The number of hydrogen-bond donors (Lipinski definition) is 0. The number of hydrogen-bond acceptors (Lipinski definition) is 2. The Balaban J connectivity index is 2.84. The number of nitrogens with zero attached hydrogens (tertiary/aromatic N) is 2. The Labute approximate surface area is 81.1 Å². The highest BCUT2D eigenvalue weighted by Gasteiger charge is 2.04. The van der Waals surface area contributed by atoms with Gasteiger partial charge in [-0.05, 0) is 30.7 Å². The first-order valence-electron chi connectivity index (χ1n) is 4.25. The van der Waals surface area contributed by atoms with E-state index in [0.717, 1.165) is 16.3 Å². The van der Waals surface area contributed by atoms with Gasteiger partial charge in [-0.15, -0.1) is 0 Å². The van der Waals surface area contributed by atoms with E-state index in [-0.39, 0.29) is 5.82 Å². The van der Waals surface area contributed by atoms with Crippen LogP contribution in [0, 0.1) is 5.82 Å². The molecule has 70 valence electrons. The van der Waals surface area contributed by atoms with E-state index >= 15 is 0 Å². The van der Waals surface area contributed by atoms with Crippen LogP contribution in [0.4, 0.5) is 4.39 Å². The van der Waals surface area contributed by atoms with Gasteiger partial charge in [-0.3, -0.25) is 0 Å². The zero-order chi connectivity index (χ0) is 10.1. The van der Waals surface area contributed by atoms with E-state index in [0.29, 0.717) is 5.69 Å². The van der Waals surface area contributed by atoms with Crippen molar-refractivity contribution in [3.05, 3.63) is 42.5 Å². The molecule has 0 bridgehead atoms. The Morgan fingerprint density at radius 2 is 2.21 bits per heavy atom. The summed E-state index contributed by atoms with van der Waals surface area (Å²) in [5, 5.41) is 9.39. The van der Waals surface area contributed by atoms with Gasteiger partial charge in [0.05, 0.1) is 11.9 Å². The molecule has 0 fully saturated rings. The van der Waals surface area contributed by atoms with E-state index in [2.05, 4.69) is 16.8 Å². The normalized spacial score (nSPS) is 10.4. The molecule has 1 aromatic heterocycles. The highest BCUT2D eigenvalue weighted by atomic mass is 19.1. The Morgan fingerprint density at radius 3 is 2.93 bits per heavy atom. The van der Waals surface area contributed by atoms with Crippen molar-refractivity contribution in [3.63, 3.8) is 0 Å². The maximum Gasteiger partial charge on any atom is 0.123 e. The molecule has 3 heteroatoms. The van der Waals surface area contributed by atoms with Crippen molar-refractivity contribution in [1.82, 2.24) is 10.2 Å². The molecule has 0 radical (unpaired) electrons. The number of halogens is 1. The SMILES string of the molecule is C=C(C)c1nncc2ccc(F)cc12. The standard InChI is InChI=1S/C11H9FN2/c1-7(2)11-10-5-9(12)4-3-8(10)6-13-14-11/h3-6H,1H2,2H3. The summed E-state index contributed by atoms with van der Waals surface area (Å²) in [7, 11) is 0. The zero-order valence-corrected chi connectivity index (χ0v) is 7.79. The van der Waals surface area contributed by atoms with Gasteiger partial charge in [0, 0.05) is 10.8 Å². The van der Waals surface area contributed by atoms with Gasteiger partial charge >= 0.3 is 0 Å². The topological polar surface area (TPSA) is 25.8 Å². The lowest BCUT2D eigenvalue weighted by Gasteiger charge is -2.03. The van der Waals surface area contributed by atoms with Crippen LogP contribution in [0.5, 0.6) is 0 Å². The van der Waals surface area contributed by atoms with Gasteiger partial charge in [-0.1, -0.05) is 6.58 Å². The monoisotopic (exact) mass is 188 g/mol. The molecule has 0 saturated heterocycles. The van der Waals surface area contributed by atoms with E-state index in [4.69, 9.17) is 0 Å². The summed E-state index contributed by atoms with van der Waals surface area (Å²) in [6, 6.07) is 4.55. The maximum atomic E-state index is 13.0. The number of aromatic nitrogens is 2. The fourth-order valence-corrected chi connectivity index (χ4v) is 1.36. The first kappa shape index (κ1) is 8.81. The van der Waals surface area contributed by atoms with Gasteiger partial charge in [0.2, 0.25) is 0 Å². The van der Waals surface area contributed by atoms with Crippen LogP contribution in [-0.4, -0.2) is 10.2 Å². The molecule has 2 aromatic rings. The molecule has 0 aliphatic heterocycles. The van der Waals surface area contributed by atoms with Gasteiger partial charge in [0.15, 0.2) is 0 Å². The van der Waals surface area contributed by atoms with Gasteiger partial charge in [-0.25, -0.2) is 4.39 Å². The van der Waals surface area contributed by atoms with Gasteiger partial charge in [-0.2, -0.15) is 10.2 Å². The van der Waals surface area contributed by atoms with Crippen LogP contribution in [-0.2, 0) is 0 Å². The van der Waals surface area contributed by atoms with Crippen LogP contribution in [0.1, 0.15) is 12.6 Å². The highest BCUT2D eigenvalue weighted by Crippen LogP contribution is 2.21. The smallest absolute Gasteiger partial charge is 0.123 e. The fourth-order valence-electron chi connectivity index (χ4n) is 1.36. The summed E-state index contributed by atoms with van der Waals surface area (Å²) >= 11 is 0. The summed E-state index contributed by atoms with van der Waals surface area (Å²) in [6.07, 6.45) is 1.61. The minimum atomic E-state index is -0.270. The van der Waals surface area contributed by atoms with Crippen LogP contribution in [0.25, 0.3) is 16.3 Å². The minimum absolute atomic E-state index is 0.270. The molecule has 0 atom stereocenters. The third-order valence-corrected chi connectivity index (χ3v) is 2.03. The zero-order valence-electron chi connectivity index (χ0n) is 7.79. The van der Waals surface area contributed by atoms with Crippen molar-refractivity contribution in [2.75, 3.05) is 0 Å². The van der Waals surface area contributed by atoms with E-state index in [9.17, 15) is 4.39 Å². The molecular weight excluding hydrogens is 179 g/mol. The van der Waals surface area contributed by atoms with Crippen molar-refractivity contribution in [2.45, 2.75) is 6.92 Å². The first-order chi connectivity index (χ1) is 6.68. The highest BCUT2D eigenvalue weighted by molar-refractivity contribution is 5.90. The van der Waals surface area contributed by atoms with Crippen LogP contribution in [0.15, 0.2) is 31.0 Å². The molecule has 2 nitrogen and oxygen atoms in total. The number of allylic oxidation sites excluding steroid dienone is 1. The van der Waals surface area contributed by atoms with E-state index in [1.807, 2.05) is 6.92 Å². The summed E-state index contributed by atoms with van der Waals surface area (Å²) in [4.78, 5) is 0. The summed E-state index contributed by atoms with van der Waals surface area (Å²) in [5.74, 6) is -0.270. The fraction of sp³-hybridized carbons (Fsp3) is 0.0909. The lowest BCUT2D eigenvalue weighted by atomic mass is 10.1. The average Bonchev–Trinajstić information content (AvgIpc) is 2.16. The number of fused-ring (bicyclic) bond motifs is 1. The van der Waals surface area contributed by atoms with Crippen LogP contribution in [0.2, 0.25) is 0 Å². The lowest BCUT2D eigenvalue weighted by Crippen LogP contribution is -1.91. The van der Waals surface area contributed by atoms with Crippen molar-refractivity contribution in [3.8, 4) is 0 Å². The number of rotatable bonds is 1. The first-order valence-corrected chi connectivity index (χ1v) is 4.25. The third-order valence-electron chi connectivity index (χ3n) is 2.03. The number of benzene rings is 1. The molecule has 0 saturated carbocycles. The summed E-state index contributed by atoms with van der Waals surface area (Å²) in [5.41, 5.74) is 1.44. The molecule has 0 aliphatic carbocycles. The molecule has 0 N–H and O–H groups in total. The predicted molar refractivity (Wildman–Crippen MR) is 54.2 cm³/mol.